The Morgan fingerprint density at radius 3 is 2.48 bits per heavy atom. The van der Waals surface area contributed by atoms with Crippen LogP contribution in [0.1, 0.15) is 12.8 Å². The third kappa shape index (κ3) is 4.41. The Morgan fingerprint density at radius 2 is 2.05 bits per heavy atom. The molecule has 0 fully saturated rings. The molecule has 1 unspecified atom stereocenters. The molecule has 1 rings (SSSR count). The number of nitrogens with two attached hydrogens (primary N) is 2. The SMILES string of the molecule is NC(=O)CC[C@H](N)C(=O)N1CC(C(F)(F)F)=NC1B(O)O. The number of rotatable bonds is 5. The number of nitrogens with zero attached hydrogens (tertiary/aromatic N) is 2. The van der Waals surface area contributed by atoms with Crippen molar-refractivity contribution in [3.63, 3.8) is 0 Å². The molecule has 118 valence electrons. The summed E-state index contributed by atoms with van der Waals surface area (Å²) < 4.78 is 37.7. The molecule has 0 bridgehead atoms. The summed E-state index contributed by atoms with van der Waals surface area (Å²) in [5, 5.41) is 18.1. The van der Waals surface area contributed by atoms with Crippen molar-refractivity contribution in [2.45, 2.75) is 31.1 Å². The van der Waals surface area contributed by atoms with Crippen LogP contribution in [0.5, 0.6) is 0 Å². The van der Waals surface area contributed by atoms with Crippen molar-refractivity contribution in [3.05, 3.63) is 0 Å². The number of aliphatic imine (C=N–C) groups is 1. The fourth-order valence-corrected chi connectivity index (χ4v) is 1.76. The van der Waals surface area contributed by atoms with E-state index in [1.807, 2.05) is 0 Å². The van der Waals surface area contributed by atoms with Gasteiger partial charge >= 0.3 is 13.3 Å². The Bertz CT molecular complexity index is 457. The van der Waals surface area contributed by atoms with Gasteiger partial charge in [-0.3, -0.25) is 14.6 Å². The number of halogens is 3. The summed E-state index contributed by atoms with van der Waals surface area (Å²) in [7, 11) is -2.28. The Balaban J connectivity index is 2.82. The maximum absolute atomic E-state index is 12.6. The minimum atomic E-state index is -4.79. The summed E-state index contributed by atoms with van der Waals surface area (Å²) in [6.45, 7) is -0.936. The molecule has 0 spiro atoms. The summed E-state index contributed by atoms with van der Waals surface area (Å²) in [6.07, 6.45) is -5.18. The molecule has 12 heteroatoms. The zero-order chi connectivity index (χ0) is 16.4. The highest BCUT2D eigenvalue weighted by Gasteiger charge is 2.47. The maximum atomic E-state index is 12.6. The van der Waals surface area contributed by atoms with Crippen LogP contribution >= 0.6 is 0 Å². The van der Waals surface area contributed by atoms with Crippen LogP contribution < -0.4 is 11.5 Å². The lowest BCUT2D eigenvalue weighted by Crippen LogP contribution is -2.52. The van der Waals surface area contributed by atoms with Gasteiger partial charge in [0.05, 0.1) is 12.6 Å². The summed E-state index contributed by atoms with van der Waals surface area (Å²) in [4.78, 5) is 26.1. The fraction of sp³-hybridized carbons (Fsp3) is 0.667. The van der Waals surface area contributed by atoms with Gasteiger partial charge in [-0.2, -0.15) is 13.2 Å². The first-order chi connectivity index (χ1) is 9.54. The average Bonchev–Trinajstić information content (AvgIpc) is 2.79. The average molecular weight is 310 g/mol. The number of amides is 2. The minimum Gasteiger partial charge on any atom is -0.424 e. The van der Waals surface area contributed by atoms with Crippen molar-refractivity contribution in [2.24, 2.45) is 16.5 Å². The van der Waals surface area contributed by atoms with Crippen molar-refractivity contribution < 1.29 is 32.8 Å². The van der Waals surface area contributed by atoms with Crippen molar-refractivity contribution >= 4 is 24.6 Å². The molecule has 2 amide bonds. The monoisotopic (exact) mass is 310 g/mol. The van der Waals surface area contributed by atoms with Crippen molar-refractivity contribution in [3.8, 4) is 0 Å². The van der Waals surface area contributed by atoms with Crippen LogP contribution in [-0.2, 0) is 9.59 Å². The highest BCUT2D eigenvalue weighted by atomic mass is 19.4. The van der Waals surface area contributed by atoms with Crippen molar-refractivity contribution in [1.82, 2.24) is 4.90 Å². The molecule has 1 aliphatic heterocycles. The standard InChI is InChI=1S/C9H14BF3N4O4/c11-9(12,13)5-3-17(8(16-5)10(20)21)7(19)4(14)1-2-6(15)18/h4,8,20-21H,1-3,14H2,(H2,15,18)/t4-,8?/m0/s1. The predicted octanol–water partition coefficient (Wildman–Crippen LogP) is -2.24. The van der Waals surface area contributed by atoms with Crippen LogP contribution in [-0.4, -0.2) is 64.4 Å². The van der Waals surface area contributed by atoms with Gasteiger partial charge in [-0.15, -0.1) is 0 Å². The van der Waals surface area contributed by atoms with Crippen LogP contribution in [0.4, 0.5) is 13.2 Å². The number of alkyl halides is 3. The van der Waals surface area contributed by atoms with Gasteiger partial charge in [-0.25, -0.2) is 0 Å². The van der Waals surface area contributed by atoms with E-state index in [4.69, 9.17) is 21.5 Å². The Hall–Kier alpha value is -1.66. The number of primary amides is 1. The Kier molecular flexibility index (Phi) is 5.31. The van der Waals surface area contributed by atoms with Crippen molar-refractivity contribution in [2.75, 3.05) is 6.54 Å². The zero-order valence-electron chi connectivity index (χ0n) is 10.7. The molecular weight excluding hydrogens is 296 g/mol. The number of hydrogen-bond acceptors (Lipinski definition) is 6. The smallest absolute Gasteiger partial charge is 0.424 e. The molecule has 1 aliphatic rings. The first-order valence-corrected chi connectivity index (χ1v) is 5.88. The van der Waals surface area contributed by atoms with E-state index >= 15 is 0 Å². The van der Waals surface area contributed by atoms with E-state index in [-0.39, 0.29) is 12.8 Å². The van der Waals surface area contributed by atoms with Gasteiger partial charge in [0.1, 0.15) is 5.71 Å². The first-order valence-electron chi connectivity index (χ1n) is 5.88. The van der Waals surface area contributed by atoms with E-state index in [1.165, 1.54) is 0 Å². The molecule has 6 N–H and O–H groups in total. The molecule has 0 saturated heterocycles. The molecule has 8 nitrogen and oxygen atoms in total. The third-order valence-corrected chi connectivity index (χ3v) is 2.82. The molecule has 0 aromatic heterocycles. The quantitative estimate of drug-likeness (QED) is 0.425. The molecule has 0 aliphatic carbocycles. The van der Waals surface area contributed by atoms with Gasteiger partial charge in [0.2, 0.25) is 11.8 Å². The lowest BCUT2D eigenvalue weighted by atomic mass is 9.85. The summed E-state index contributed by atoms with van der Waals surface area (Å²) in [5.41, 5.74) is 9.04. The topological polar surface area (TPSA) is 142 Å². The van der Waals surface area contributed by atoms with Gasteiger partial charge in [-0.05, 0) is 6.42 Å². The number of carbonyl (C=O) groups excluding carboxylic acids is 2. The second-order valence-corrected chi connectivity index (χ2v) is 4.48. The van der Waals surface area contributed by atoms with Crippen LogP contribution in [0.3, 0.4) is 0 Å². The van der Waals surface area contributed by atoms with Crippen LogP contribution in [0.15, 0.2) is 4.99 Å². The molecule has 0 saturated carbocycles. The second kappa shape index (κ2) is 6.41. The van der Waals surface area contributed by atoms with E-state index in [0.717, 1.165) is 0 Å². The largest absolute Gasteiger partial charge is 0.499 e. The lowest BCUT2D eigenvalue weighted by Gasteiger charge is -2.25. The van der Waals surface area contributed by atoms with Gasteiger partial charge in [0, 0.05) is 6.42 Å². The number of hydrogen-bond donors (Lipinski definition) is 4. The molecule has 2 atom stereocenters. The Morgan fingerprint density at radius 1 is 1.48 bits per heavy atom. The van der Waals surface area contributed by atoms with Crippen molar-refractivity contribution in [1.29, 1.82) is 0 Å². The summed E-state index contributed by atoms with van der Waals surface area (Å²) >= 11 is 0. The van der Waals surface area contributed by atoms with E-state index < -0.39 is 49.5 Å². The normalized spacial score (nSPS) is 20.2. The molecule has 1 heterocycles. The highest BCUT2D eigenvalue weighted by Crippen LogP contribution is 2.25. The minimum absolute atomic E-state index is 0.166. The van der Waals surface area contributed by atoms with Crippen LogP contribution in [0, 0.1) is 0 Å². The maximum Gasteiger partial charge on any atom is 0.499 e. The zero-order valence-corrected chi connectivity index (χ0v) is 10.7. The molecule has 0 aromatic rings. The van der Waals surface area contributed by atoms with E-state index in [0.29, 0.717) is 4.90 Å². The summed E-state index contributed by atoms with van der Waals surface area (Å²) in [6, 6.07) is -3.07. The lowest BCUT2D eigenvalue weighted by molar-refractivity contribution is -0.133. The summed E-state index contributed by atoms with van der Waals surface area (Å²) in [5.74, 6) is -1.69. The van der Waals surface area contributed by atoms with Gasteiger partial charge in [0.25, 0.3) is 0 Å². The Labute approximate surface area is 117 Å². The molecule has 21 heavy (non-hydrogen) atoms. The predicted molar refractivity (Wildman–Crippen MR) is 65.6 cm³/mol. The van der Waals surface area contributed by atoms with E-state index in [9.17, 15) is 22.8 Å². The fourth-order valence-electron chi connectivity index (χ4n) is 1.76. The molecular formula is C9H14BF3N4O4. The van der Waals surface area contributed by atoms with Gasteiger partial charge in [0.15, 0.2) is 6.07 Å². The van der Waals surface area contributed by atoms with Crippen LogP contribution in [0.25, 0.3) is 0 Å². The van der Waals surface area contributed by atoms with Crippen LogP contribution in [0.2, 0.25) is 0 Å². The first kappa shape index (κ1) is 17.4. The van der Waals surface area contributed by atoms with Gasteiger partial charge < -0.3 is 26.4 Å². The third-order valence-electron chi connectivity index (χ3n) is 2.82. The molecule has 0 aromatic carbocycles. The second-order valence-electron chi connectivity index (χ2n) is 4.48. The van der Waals surface area contributed by atoms with E-state index in [2.05, 4.69) is 4.99 Å². The highest BCUT2D eigenvalue weighted by molar-refractivity contribution is 6.44. The van der Waals surface area contributed by atoms with E-state index in [1.54, 1.807) is 0 Å². The van der Waals surface area contributed by atoms with Gasteiger partial charge in [-0.1, -0.05) is 0 Å². The molecule has 0 radical (unpaired) electrons. The number of carbonyl (C=O) groups is 2.